The summed E-state index contributed by atoms with van der Waals surface area (Å²) in [5.74, 6) is 1.31. The van der Waals surface area contributed by atoms with Crippen LogP contribution in [0.25, 0.3) is 0 Å². The van der Waals surface area contributed by atoms with Gasteiger partial charge in [-0.05, 0) is 44.2 Å². The maximum Gasteiger partial charge on any atom is 0.253 e. The van der Waals surface area contributed by atoms with Crippen LogP contribution in [0.2, 0.25) is 0 Å². The van der Waals surface area contributed by atoms with Crippen molar-refractivity contribution in [2.45, 2.75) is 19.8 Å². The third-order valence-electron chi connectivity index (χ3n) is 6.39. The van der Waals surface area contributed by atoms with Gasteiger partial charge in [0.25, 0.3) is 5.91 Å². The molecule has 0 aliphatic carbocycles. The molecule has 0 unspecified atom stereocenters. The second kappa shape index (κ2) is 10.6. The van der Waals surface area contributed by atoms with Crippen molar-refractivity contribution >= 4 is 17.6 Å². The summed E-state index contributed by atoms with van der Waals surface area (Å²) in [7, 11) is 0. The molecule has 32 heavy (non-hydrogen) atoms. The van der Waals surface area contributed by atoms with Crippen molar-refractivity contribution in [3.63, 3.8) is 0 Å². The van der Waals surface area contributed by atoms with Crippen LogP contribution in [-0.4, -0.2) is 90.4 Å². The molecule has 2 aromatic rings. The summed E-state index contributed by atoms with van der Waals surface area (Å²) in [6.45, 7) is 9.13. The average molecular weight is 436 g/mol. The lowest BCUT2D eigenvalue weighted by Crippen LogP contribution is -2.49. The fraction of sp³-hybridized carbons (Fsp3) is 0.480. The Balaban J connectivity index is 1.21. The summed E-state index contributed by atoms with van der Waals surface area (Å²) >= 11 is 0. The smallest absolute Gasteiger partial charge is 0.253 e. The van der Waals surface area contributed by atoms with Crippen molar-refractivity contribution in [1.29, 1.82) is 0 Å². The number of carbonyl (C=O) groups is 2. The van der Waals surface area contributed by atoms with Gasteiger partial charge in [0.2, 0.25) is 5.91 Å². The number of pyridine rings is 1. The van der Waals surface area contributed by atoms with E-state index in [1.165, 1.54) is 0 Å². The predicted octanol–water partition coefficient (Wildman–Crippen LogP) is 2.28. The molecule has 2 saturated heterocycles. The molecule has 0 N–H and O–H groups in total. The first-order chi connectivity index (χ1) is 15.6. The lowest BCUT2D eigenvalue weighted by Gasteiger charge is -2.35. The maximum absolute atomic E-state index is 12.9. The Morgan fingerprint density at radius 1 is 0.875 bits per heavy atom. The second-order valence-corrected chi connectivity index (χ2v) is 8.66. The first kappa shape index (κ1) is 22.3. The highest BCUT2D eigenvalue weighted by Gasteiger charge is 2.24. The van der Waals surface area contributed by atoms with Gasteiger partial charge in [-0.3, -0.25) is 9.59 Å². The lowest BCUT2D eigenvalue weighted by atomic mass is 10.1. The van der Waals surface area contributed by atoms with Crippen molar-refractivity contribution < 1.29 is 9.59 Å². The minimum atomic E-state index is 0.109. The number of hydrogen-bond acceptors (Lipinski definition) is 5. The maximum atomic E-state index is 12.9. The van der Waals surface area contributed by atoms with Crippen LogP contribution in [0.3, 0.4) is 0 Å². The Morgan fingerprint density at radius 2 is 1.69 bits per heavy atom. The van der Waals surface area contributed by atoms with Gasteiger partial charge in [-0.25, -0.2) is 4.98 Å². The summed E-state index contributed by atoms with van der Waals surface area (Å²) in [5, 5.41) is 0. The van der Waals surface area contributed by atoms with E-state index < -0.39 is 0 Å². The number of carbonyl (C=O) groups excluding carboxylic acids is 2. The summed E-state index contributed by atoms with van der Waals surface area (Å²) < 4.78 is 0. The van der Waals surface area contributed by atoms with E-state index in [4.69, 9.17) is 0 Å². The number of benzene rings is 1. The summed E-state index contributed by atoms with van der Waals surface area (Å²) in [6.07, 6.45) is 3.29. The fourth-order valence-electron chi connectivity index (χ4n) is 4.50. The fourth-order valence-corrected chi connectivity index (χ4v) is 4.50. The molecule has 2 aliphatic rings. The van der Waals surface area contributed by atoms with Crippen molar-refractivity contribution in [3.05, 3.63) is 59.8 Å². The molecule has 0 radical (unpaired) electrons. The molecule has 1 aromatic heterocycles. The molecule has 0 atom stereocenters. The standard InChI is InChI=1S/C25H33N5O2/c1-21-6-4-7-22(20-21)25(32)30-12-5-11-27(14-15-30)13-9-24(31)29-18-16-28(17-19-29)23-8-2-3-10-26-23/h2-4,6-8,10,20H,5,9,11-19H2,1H3. The minimum Gasteiger partial charge on any atom is -0.353 e. The molecule has 7 nitrogen and oxygen atoms in total. The first-order valence-electron chi connectivity index (χ1n) is 11.6. The van der Waals surface area contributed by atoms with Crippen molar-refractivity contribution in [2.24, 2.45) is 0 Å². The monoisotopic (exact) mass is 435 g/mol. The highest BCUT2D eigenvalue weighted by Crippen LogP contribution is 2.14. The average Bonchev–Trinajstić information content (AvgIpc) is 3.08. The van der Waals surface area contributed by atoms with Gasteiger partial charge in [0.05, 0.1) is 0 Å². The van der Waals surface area contributed by atoms with Gasteiger partial charge in [-0.1, -0.05) is 23.8 Å². The van der Waals surface area contributed by atoms with E-state index in [2.05, 4.69) is 14.8 Å². The van der Waals surface area contributed by atoms with Crippen LogP contribution in [-0.2, 0) is 4.79 Å². The number of aryl methyl sites for hydroxylation is 1. The highest BCUT2D eigenvalue weighted by molar-refractivity contribution is 5.94. The van der Waals surface area contributed by atoms with Crippen LogP contribution in [0.4, 0.5) is 5.82 Å². The van der Waals surface area contributed by atoms with E-state index in [1.54, 1.807) is 0 Å². The summed E-state index contributed by atoms with van der Waals surface area (Å²) in [4.78, 5) is 38.5. The quantitative estimate of drug-likeness (QED) is 0.721. The zero-order valence-electron chi connectivity index (χ0n) is 18.9. The molecular formula is C25H33N5O2. The van der Waals surface area contributed by atoms with Crippen molar-refractivity contribution in [2.75, 3.05) is 63.8 Å². The van der Waals surface area contributed by atoms with Crippen molar-refractivity contribution in [1.82, 2.24) is 19.7 Å². The molecule has 4 rings (SSSR count). The Bertz CT molecular complexity index is 912. The number of rotatable bonds is 5. The van der Waals surface area contributed by atoms with Gasteiger partial charge in [-0.15, -0.1) is 0 Å². The number of anilines is 1. The molecule has 2 amide bonds. The number of amides is 2. The van der Waals surface area contributed by atoms with E-state index >= 15 is 0 Å². The molecule has 2 fully saturated rings. The van der Waals surface area contributed by atoms with E-state index in [9.17, 15) is 9.59 Å². The van der Waals surface area contributed by atoms with Crippen LogP contribution >= 0.6 is 0 Å². The van der Waals surface area contributed by atoms with Crippen LogP contribution in [0.1, 0.15) is 28.8 Å². The van der Waals surface area contributed by atoms with Crippen LogP contribution in [0.15, 0.2) is 48.7 Å². The SMILES string of the molecule is Cc1cccc(C(=O)N2CCCN(CCC(=O)N3CCN(c4ccccn4)CC3)CC2)c1. The number of piperazine rings is 1. The third-order valence-corrected chi connectivity index (χ3v) is 6.39. The van der Waals surface area contributed by atoms with Crippen LogP contribution in [0, 0.1) is 6.92 Å². The van der Waals surface area contributed by atoms with Gasteiger partial charge in [0, 0.05) is 70.5 Å². The van der Waals surface area contributed by atoms with E-state index in [1.807, 2.05) is 65.4 Å². The molecule has 2 aliphatic heterocycles. The Labute approximate surface area is 190 Å². The molecule has 0 bridgehead atoms. The van der Waals surface area contributed by atoms with E-state index in [0.29, 0.717) is 13.0 Å². The molecule has 0 saturated carbocycles. The summed E-state index contributed by atoms with van der Waals surface area (Å²) in [5.41, 5.74) is 1.87. The first-order valence-corrected chi connectivity index (χ1v) is 11.6. The normalized spacial score (nSPS) is 17.8. The largest absolute Gasteiger partial charge is 0.353 e. The topological polar surface area (TPSA) is 60.0 Å². The highest BCUT2D eigenvalue weighted by atomic mass is 16.2. The number of hydrogen-bond donors (Lipinski definition) is 0. The predicted molar refractivity (Wildman–Crippen MR) is 126 cm³/mol. The lowest BCUT2D eigenvalue weighted by molar-refractivity contribution is -0.131. The van der Waals surface area contributed by atoms with Crippen molar-refractivity contribution in [3.8, 4) is 0 Å². The van der Waals surface area contributed by atoms with Crippen LogP contribution < -0.4 is 4.90 Å². The molecule has 0 spiro atoms. The van der Waals surface area contributed by atoms with Crippen LogP contribution in [0.5, 0.6) is 0 Å². The number of nitrogens with zero attached hydrogens (tertiary/aromatic N) is 5. The Hall–Kier alpha value is -2.93. The molecule has 7 heteroatoms. The Morgan fingerprint density at radius 3 is 2.44 bits per heavy atom. The summed E-state index contributed by atoms with van der Waals surface area (Å²) in [6, 6.07) is 13.7. The van der Waals surface area contributed by atoms with Gasteiger partial charge in [-0.2, -0.15) is 0 Å². The van der Waals surface area contributed by atoms with Gasteiger partial charge in [0.15, 0.2) is 0 Å². The zero-order valence-corrected chi connectivity index (χ0v) is 18.9. The van der Waals surface area contributed by atoms with Gasteiger partial charge < -0.3 is 19.6 Å². The molecule has 170 valence electrons. The van der Waals surface area contributed by atoms with E-state index in [-0.39, 0.29) is 11.8 Å². The minimum absolute atomic E-state index is 0.109. The molecule has 1 aromatic carbocycles. The number of aromatic nitrogens is 1. The molecular weight excluding hydrogens is 402 g/mol. The van der Waals surface area contributed by atoms with E-state index in [0.717, 1.165) is 75.7 Å². The Kier molecular flexibility index (Phi) is 7.37. The second-order valence-electron chi connectivity index (χ2n) is 8.66. The van der Waals surface area contributed by atoms with Gasteiger partial charge in [0.1, 0.15) is 5.82 Å². The zero-order chi connectivity index (χ0) is 22.3. The van der Waals surface area contributed by atoms with Gasteiger partial charge >= 0.3 is 0 Å². The third kappa shape index (κ3) is 5.65. The molecule has 3 heterocycles.